The predicted octanol–water partition coefficient (Wildman–Crippen LogP) is 13.2. The van der Waals surface area contributed by atoms with Crippen molar-refractivity contribution in [1.29, 1.82) is 0 Å². The van der Waals surface area contributed by atoms with Gasteiger partial charge in [0.1, 0.15) is 11.2 Å². The normalized spacial score (nSPS) is 11.3. The van der Waals surface area contributed by atoms with E-state index < -0.39 is 0 Å². The molecular formula is C46H31NO. The molecule has 9 rings (SSSR count). The van der Waals surface area contributed by atoms with E-state index in [2.05, 4.69) is 193 Å². The van der Waals surface area contributed by atoms with Crippen LogP contribution in [0.25, 0.3) is 66.1 Å². The molecule has 48 heavy (non-hydrogen) atoms. The van der Waals surface area contributed by atoms with Crippen LogP contribution in [0.3, 0.4) is 0 Å². The summed E-state index contributed by atoms with van der Waals surface area (Å²) in [6.07, 6.45) is 0. The minimum Gasteiger partial charge on any atom is -0.455 e. The Morgan fingerprint density at radius 3 is 1.52 bits per heavy atom. The molecule has 0 N–H and O–H groups in total. The van der Waals surface area contributed by atoms with E-state index in [1.807, 2.05) is 0 Å². The number of hydrogen-bond acceptors (Lipinski definition) is 2. The smallest absolute Gasteiger partial charge is 0.143 e. The van der Waals surface area contributed by atoms with Crippen molar-refractivity contribution in [2.45, 2.75) is 0 Å². The van der Waals surface area contributed by atoms with E-state index in [0.29, 0.717) is 0 Å². The lowest BCUT2D eigenvalue weighted by molar-refractivity contribution is 0.670. The van der Waals surface area contributed by atoms with Crippen molar-refractivity contribution in [3.05, 3.63) is 188 Å². The standard InChI is InChI=1S/C46H31NO/c1-4-12-32(13-5-1)33-20-22-35(23-21-33)45-41-19-11-10-14-37(41)31-43-42-30-36(26-29-44(42)48-46(43)45)34-24-27-40(28-25-34)47(38-15-6-2-7-16-38)39-17-8-3-9-18-39/h1-31H. The molecule has 0 atom stereocenters. The third-order valence-corrected chi connectivity index (χ3v) is 9.25. The highest BCUT2D eigenvalue weighted by Gasteiger charge is 2.18. The third-order valence-electron chi connectivity index (χ3n) is 9.25. The van der Waals surface area contributed by atoms with Crippen LogP contribution < -0.4 is 4.90 Å². The van der Waals surface area contributed by atoms with Crippen molar-refractivity contribution in [3.8, 4) is 33.4 Å². The van der Waals surface area contributed by atoms with Crippen molar-refractivity contribution < 1.29 is 4.42 Å². The Balaban J connectivity index is 1.14. The Labute approximate surface area is 279 Å². The van der Waals surface area contributed by atoms with Crippen LogP contribution in [-0.2, 0) is 0 Å². The van der Waals surface area contributed by atoms with E-state index in [9.17, 15) is 0 Å². The SMILES string of the molecule is c1ccc(-c2ccc(-c3c4ccccc4cc4c3oc3ccc(-c5ccc(N(c6ccccc6)c6ccccc6)cc5)cc34)cc2)cc1. The average molecular weight is 614 g/mol. The highest BCUT2D eigenvalue weighted by molar-refractivity contribution is 6.18. The van der Waals surface area contributed by atoms with Crippen molar-refractivity contribution in [1.82, 2.24) is 0 Å². The molecule has 226 valence electrons. The lowest BCUT2D eigenvalue weighted by atomic mass is 9.93. The monoisotopic (exact) mass is 613 g/mol. The zero-order valence-corrected chi connectivity index (χ0v) is 26.3. The number of fused-ring (bicyclic) bond motifs is 4. The van der Waals surface area contributed by atoms with Crippen LogP contribution in [0.5, 0.6) is 0 Å². The molecule has 0 spiro atoms. The van der Waals surface area contributed by atoms with E-state index in [1.165, 1.54) is 21.9 Å². The molecule has 0 aliphatic rings. The third kappa shape index (κ3) is 4.92. The van der Waals surface area contributed by atoms with Gasteiger partial charge in [0.2, 0.25) is 0 Å². The van der Waals surface area contributed by atoms with Gasteiger partial charge in [-0.2, -0.15) is 0 Å². The van der Waals surface area contributed by atoms with Crippen molar-refractivity contribution in [2.24, 2.45) is 0 Å². The molecule has 2 nitrogen and oxygen atoms in total. The lowest BCUT2D eigenvalue weighted by Crippen LogP contribution is -2.09. The summed E-state index contributed by atoms with van der Waals surface area (Å²) in [5.74, 6) is 0. The van der Waals surface area contributed by atoms with E-state index >= 15 is 0 Å². The highest BCUT2D eigenvalue weighted by Crippen LogP contribution is 2.43. The summed E-state index contributed by atoms with van der Waals surface area (Å²) in [5.41, 5.74) is 12.2. The van der Waals surface area contributed by atoms with Gasteiger partial charge in [-0.05, 0) is 93.2 Å². The Kier molecular flexibility index (Phi) is 6.84. The number of rotatable bonds is 6. The quantitative estimate of drug-likeness (QED) is 0.185. The summed E-state index contributed by atoms with van der Waals surface area (Å²) in [5, 5.41) is 4.64. The van der Waals surface area contributed by atoms with Gasteiger partial charge in [-0.1, -0.05) is 133 Å². The topological polar surface area (TPSA) is 16.4 Å². The van der Waals surface area contributed by atoms with Crippen LogP contribution in [0.15, 0.2) is 192 Å². The number of benzene rings is 8. The Hall–Kier alpha value is -6.38. The molecule has 0 bridgehead atoms. The van der Waals surface area contributed by atoms with E-state index in [1.54, 1.807) is 0 Å². The maximum absolute atomic E-state index is 6.69. The fourth-order valence-electron chi connectivity index (χ4n) is 6.90. The van der Waals surface area contributed by atoms with Gasteiger partial charge in [0.15, 0.2) is 0 Å². The zero-order valence-electron chi connectivity index (χ0n) is 26.3. The summed E-state index contributed by atoms with van der Waals surface area (Å²) in [7, 11) is 0. The minimum absolute atomic E-state index is 0.891. The molecule has 0 amide bonds. The van der Waals surface area contributed by atoms with Gasteiger partial charge in [-0.15, -0.1) is 0 Å². The van der Waals surface area contributed by atoms with Gasteiger partial charge >= 0.3 is 0 Å². The van der Waals surface area contributed by atoms with Crippen molar-refractivity contribution in [3.63, 3.8) is 0 Å². The van der Waals surface area contributed by atoms with E-state index in [0.717, 1.165) is 61.3 Å². The van der Waals surface area contributed by atoms with Crippen molar-refractivity contribution in [2.75, 3.05) is 4.90 Å². The van der Waals surface area contributed by atoms with Gasteiger partial charge in [0, 0.05) is 33.4 Å². The average Bonchev–Trinajstić information content (AvgIpc) is 3.53. The van der Waals surface area contributed by atoms with Crippen molar-refractivity contribution >= 4 is 49.8 Å². The van der Waals surface area contributed by atoms with E-state index in [-0.39, 0.29) is 0 Å². The molecule has 0 fully saturated rings. The Morgan fingerprint density at radius 2 is 0.833 bits per heavy atom. The second-order valence-corrected chi connectivity index (χ2v) is 12.2. The summed E-state index contributed by atoms with van der Waals surface area (Å²) in [6.45, 7) is 0. The fraction of sp³-hybridized carbons (Fsp3) is 0. The number of furan rings is 1. The van der Waals surface area contributed by atoms with Crippen LogP contribution in [0.2, 0.25) is 0 Å². The number of nitrogens with zero attached hydrogens (tertiary/aromatic N) is 1. The van der Waals surface area contributed by atoms with Gasteiger partial charge in [0.05, 0.1) is 0 Å². The molecule has 0 aliphatic heterocycles. The molecular weight excluding hydrogens is 583 g/mol. The molecule has 1 heterocycles. The molecule has 8 aromatic carbocycles. The summed E-state index contributed by atoms with van der Waals surface area (Å²) in [6, 6.07) is 66.7. The molecule has 0 saturated carbocycles. The maximum atomic E-state index is 6.69. The highest BCUT2D eigenvalue weighted by atomic mass is 16.3. The van der Waals surface area contributed by atoms with Crippen LogP contribution in [0.4, 0.5) is 17.1 Å². The largest absolute Gasteiger partial charge is 0.455 e. The van der Waals surface area contributed by atoms with Crippen LogP contribution in [0.1, 0.15) is 0 Å². The first-order valence-electron chi connectivity index (χ1n) is 16.3. The molecule has 0 aliphatic carbocycles. The number of anilines is 3. The van der Waals surface area contributed by atoms with Crippen LogP contribution in [-0.4, -0.2) is 0 Å². The molecule has 2 heteroatoms. The van der Waals surface area contributed by atoms with Gasteiger partial charge in [0.25, 0.3) is 0 Å². The van der Waals surface area contributed by atoms with Gasteiger partial charge in [-0.25, -0.2) is 0 Å². The summed E-state index contributed by atoms with van der Waals surface area (Å²) < 4.78 is 6.69. The Bertz CT molecular complexity index is 2480. The summed E-state index contributed by atoms with van der Waals surface area (Å²) >= 11 is 0. The molecule has 9 aromatic rings. The summed E-state index contributed by atoms with van der Waals surface area (Å²) in [4.78, 5) is 2.29. The van der Waals surface area contributed by atoms with Gasteiger partial charge in [-0.3, -0.25) is 0 Å². The molecule has 0 unspecified atom stereocenters. The first-order chi connectivity index (χ1) is 23.8. The van der Waals surface area contributed by atoms with Crippen LogP contribution in [0, 0.1) is 0 Å². The fourth-order valence-corrected chi connectivity index (χ4v) is 6.90. The molecule has 0 saturated heterocycles. The maximum Gasteiger partial charge on any atom is 0.143 e. The predicted molar refractivity (Wildman–Crippen MR) is 202 cm³/mol. The first-order valence-corrected chi connectivity index (χ1v) is 16.3. The van der Waals surface area contributed by atoms with Gasteiger partial charge < -0.3 is 9.32 Å². The number of para-hydroxylation sites is 2. The first kappa shape index (κ1) is 27.9. The van der Waals surface area contributed by atoms with Crippen LogP contribution >= 0.6 is 0 Å². The second kappa shape index (κ2) is 11.8. The van der Waals surface area contributed by atoms with E-state index in [4.69, 9.17) is 4.42 Å². The number of hydrogen-bond donors (Lipinski definition) is 0. The zero-order chi connectivity index (χ0) is 31.9. The Morgan fingerprint density at radius 1 is 0.333 bits per heavy atom. The molecule has 0 radical (unpaired) electrons. The second-order valence-electron chi connectivity index (χ2n) is 12.2. The molecule has 1 aromatic heterocycles. The minimum atomic E-state index is 0.891. The lowest BCUT2D eigenvalue weighted by Gasteiger charge is -2.25.